The van der Waals surface area contributed by atoms with E-state index in [9.17, 15) is 4.79 Å². The molecule has 3 aromatic rings. The standard InChI is InChI=1S/C14H13ClN6O/c15-11-5-3-10(4-6-11)9-21-14(20-7-1-2-8-20)12(18-19-21)13(22)17-16/h1-8H,9,16H2,(H,17,22). The van der Waals surface area contributed by atoms with E-state index in [1.807, 2.05) is 36.7 Å². The van der Waals surface area contributed by atoms with Gasteiger partial charge in [-0.3, -0.25) is 10.2 Å². The zero-order valence-corrected chi connectivity index (χ0v) is 12.2. The molecule has 8 heteroatoms. The lowest BCUT2D eigenvalue weighted by molar-refractivity contribution is 0.0948. The number of carbonyl (C=O) groups is 1. The Morgan fingerprint density at radius 1 is 1.23 bits per heavy atom. The molecule has 1 aromatic carbocycles. The maximum atomic E-state index is 11.9. The number of hydrogen-bond acceptors (Lipinski definition) is 4. The summed E-state index contributed by atoms with van der Waals surface area (Å²) in [5, 5.41) is 8.65. The highest BCUT2D eigenvalue weighted by Crippen LogP contribution is 2.16. The van der Waals surface area contributed by atoms with E-state index in [-0.39, 0.29) is 5.69 Å². The van der Waals surface area contributed by atoms with Crippen molar-refractivity contribution < 1.29 is 4.79 Å². The maximum Gasteiger partial charge on any atom is 0.289 e. The molecule has 0 atom stereocenters. The minimum Gasteiger partial charge on any atom is -0.307 e. The van der Waals surface area contributed by atoms with Crippen molar-refractivity contribution in [2.45, 2.75) is 6.54 Å². The number of aromatic nitrogens is 4. The van der Waals surface area contributed by atoms with Crippen molar-refractivity contribution in [1.29, 1.82) is 0 Å². The number of carbonyl (C=O) groups excluding carboxylic acids is 1. The Morgan fingerprint density at radius 3 is 2.55 bits per heavy atom. The summed E-state index contributed by atoms with van der Waals surface area (Å²) in [7, 11) is 0. The summed E-state index contributed by atoms with van der Waals surface area (Å²) in [6.45, 7) is 0.454. The van der Waals surface area contributed by atoms with Crippen LogP contribution in [0, 0.1) is 0 Å². The van der Waals surface area contributed by atoms with Gasteiger partial charge in [0, 0.05) is 17.4 Å². The van der Waals surface area contributed by atoms with Crippen LogP contribution in [0.1, 0.15) is 16.1 Å². The van der Waals surface area contributed by atoms with E-state index in [1.165, 1.54) is 0 Å². The van der Waals surface area contributed by atoms with Gasteiger partial charge in [0.25, 0.3) is 5.91 Å². The summed E-state index contributed by atoms with van der Waals surface area (Å²) in [5.41, 5.74) is 3.23. The van der Waals surface area contributed by atoms with Crippen molar-refractivity contribution in [3.8, 4) is 5.82 Å². The van der Waals surface area contributed by atoms with E-state index >= 15 is 0 Å². The minimum atomic E-state index is -0.494. The first-order chi connectivity index (χ1) is 10.7. The molecule has 0 fully saturated rings. The number of nitrogens with zero attached hydrogens (tertiary/aromatic N) is 4. The van der Waals surface area contributed by atoms with Gasteiger partial charge in [-0.1, -0.05) is 28.9 Å². The fourth-order valence-electron chi connectivity index (χ4n) is 2.12. The number of benzene rings is 1. The molecule has 3 N–H and O–H groups in total. The summed E-state index contributed by atoms with van der Waals surface area (Å²) in [5.74, 6) is 5.25. The first kappa shape index (κ1) is 14.3. The van der Waals surface area contributed by atoms with Crippen LogP contribution in [-0.2, 0) is 6.54 Å². The van der Waals surface area contributed by atoms with Crippen molar-refractivity contribution in [2.75, 3.05) is 0 Å². The normalized spacial score (nSPS) is 10.6. The Morgan fingerprint density at radius 2 is 1.91 bits per heavy atom. The van der Waals surface area contributed by atoms with Crippen molar-refractivity contribution in [1.82, 2.24) is 25.0 Å². The molecular formula is C14H13ClN6O. The molecule has 22 heavy (non-hydrogen) atoms. The topological polar surface area (TPSA) is 90.8 Å². The molecule has 0 spiro atoms. The molecule has 0 radical (unpaired) electrons. The Labute approximate surface area is 131 Å². The number of rotatable bonds is 4. The Kier molecular flexibility index (Phi) is 3.90. The summed E-state index contributed by atoms with van der Waals surface area (Å²) in [6, 6.07) is 11.1. The van der Waals surface area contributed by atoms with Gasteiger partial charge in [0.1, 0.15) is 0 Å². The quantitative estimate of drug-likeness (QED) is 0.432. The summed E-state index contributed by atoms with van der Waals surface area (Å²) >= 11 is 5.89. The number of hydrogen-bond donors (Lipinski definition) is 2. The minimum absolute atomic E-state index is 0.160. The third-order valence-corrected chi connectivity index (χ3v) is 3.40. The van der Waals surface area contributed by atoms with Crippen molar-refractivity contribution in [3.05, 3.63) is 65.1 Å². The second-order valence-corrected chi connectivity index (χ2v) is 5.05. The highest BCUT2D eigenvalue weighted by molar-refractivity contribution is 6.30. The average Bonchev–Trinajstić information content (AvgIpc) is 3.18. The summed E-state index contributed by atoms with van der Waals surface area (Å²) in [6.07, 6.45) is 3.62. The molecule has 0 saturated heterocycles. The molecule has 2 aromatic heterocycles. The second-order valence-electron chi connectivity index (χ2n) is 4.61. The van der Waals surface area contributed by atoms with Gasteiger partial charge >= 0.3 is 0 Å². The Hall–Kier alpha value is -2.64. The van der Waals surface area contributed by atoms with Crippen molar-refractivity contribution in [2.24, 2.45) is 5.84 Å². The fourth-order valence-corrected chi connectivity index (χ4v) is 2.25. The van der Waals surface area contributed by atoms with Gasteiger partial charge in [0.15, 0.2) is 11.5 Å². The first-order valence-electron chi connectivity index (χ1n) is 6.51. The van der Waals surface area contributed by atoms with E-state index in [2.05, 4.69) is 15.7 Å². The molecule has 1 amide bonds. The number of nitrogens with one attached hydrogen (secondary N) is 1. The third kappa shape index (κ3) is 2.72. The third-order valence-electron chi connectivity index (χ3n) is 3.15. The molecule has 0 aliphatic rings. The number of nitrogens with two attached hydrogens (primary N) is 1. The van der Waals surface area contributed by atoms with Crippen LogP contribution in [-0.4, -0.2) is 25.5 Å². The van der Waals surface area contributed by atoms with Gasteiger partial charge in [-0.05, 0) is 29.8 Å². The van der Waals surface area contributed by atoms with E-state index in [0.29, 0.717) is 17.4 Å². The molecular weight excluding hydrogens is 304 g/mol. The Balaban J connectivity index is 2.02. The molecule has 0 aliphatic carbocycles. The van der Waals surface area contributed by atoms with Gasteiger partial charge in [-0.2, -0.15) is 0 Å². The fraction of sp³-hybridized carbons (Fsp3) is 0.0714. The van der Waals surface area contributed by atoms with E-state index < -0.39 is 5.91 Å². The predicted octanol–water partition coefficient (Wildman–Crippen LogP) is 1.37. The zero-order valence-electron chi connectivity index (χ0n) is 11.5. The lowest BCUT2D eigenvalue weighted by Crippen LogP contribution is -2.31. The smallest absolute Gasteiger partial charge is 0.289 e. The van der Waals surface area contributed by atoms with Gasteiger partial charge < -0.3 is 4.57 Å². The molecule has 0 aliphatic heterocycles. The Bertz CT molecular complexity index is 778. The van der Waals surface area contributed by atoms with Gasteiger partial charge in [0.2, 0.25) is 0 Å². The first-order valence-corrected chi connectivity index (χ1v) is 6.89. The zero-order chi connectivity index (χ0) is 15.5. The highest BCUT2D eigenvalue weighted by Gasteiger charge is 2.20. The van der Waals surface area contributed by atoms with E-state index in [1.54, 1.807) is 21.4 Å². The SMILES string of the molecule is NNC(=O)c1nnn(Cc2ccc(Cl)cc2)c1-n1cccc1. The lowest BCUT2D eigenvalue weighted by Gasteiger charge is -2.09. The predicted molar refractivity (Wildman–Crippen MR) is 81.6 cm³/mol. The largest absolute Gasteiger partial charge is 0.307 e. The van der Waals surface area contributed by atoms with E-state index in [0.717, 1.165) is 5.56 Å². The highest BCUT2D eigenvalue weighted by atomic mass is 35.5. The number of halogens is 1. The number of amides is 1. The average molecular weight is 317 g/mol. The van der Waals surface area contributed by atoms with Crippen LogP contribution in [0.4, 0.5) is 0 Å². The number of hydrazine groups is 1. The van der Waals surface area contributed by atoms with Crippen LogP contribution in [0.5, 0.6) is 0 Å². The van der Waals surface area contributed by atoms with Crippen LogP contribution in [0.3, 0.4) is 0 Å². The van der Waals surface area contributed by atoms with Crippen LogP contribution in [0.25, 0.3) is 5.82 Å². The maximum absolute atomic E-state index is 11.9. The van der Waals surface area contributed by atoms with Crippen LogP contribution >= 0.6 is 11.6 Å². The van der Waals surface area contributed by atoms with Crippen molar-refractivity contribution in [3.63, 3.8) is 0 Å². The molecule has 0 unspecified atom stereocenters. The number of nitrogen functional groups attached to an aromatic ring is 1. The monoisotopic (exact) mass is 316 g/mol. The molecule has 0 bridgehead atoms. The summed E-state index contributed by atoms with van der Waals surface area (Å²) < 4.78 is 3.40. The molecule has 7 nitrogen and oxygen atoms in total. The van der Waals surface area contributed by atoms with Crippen LogP contribution in [0.15, 0.2) is 48.8 Å². The molecule has 0 saturated carbocycles. The molecule has 3 rings (SSSR count). The molecule has 2 heterocycles. The lowest BCUT2D eigenvalue weighted by atomic mass is 10.2. The van der Waals surface area contributed by atoms with Crippen molar-refractivity contribution >= 4 is 17.5 Å². The van der Waals surface area contributed by atoms with Gasteiger partial charge in [0.05, 0.1) is 6.54 Å². The summed E-state index contributed by atoms with van der Waals surface area (Å²) in [4.78, 5) is 11.9. The second kappa shape index (κ2) is 6.00. The van der Waals surface area contributed by atoms with Gasteiger partial charge in [-0.25, -0.2) is 10.5 Å². The van der Waals surface area contributed by atoms with Crippen LogP contribution in [0.2, 0.25) is 5.02 Å². The molecule has 112 valence electrons. The van der Waals surface area contributed by atoms with Crippen LogP contribution < -0.4 is 11.3 Å². The van der Waals surface area contributed by atoms with E-state index in [4.69, 9.17) is 17.4 Å². The van der Waals surface area contributed by atoms with Gasteiger partial charge in [-0.15, -0.1) is 5.10 Å².